The Balaban J connectivity index is 1.91. The van der Waals surface area contributed by atoms with Crippen LogP contribution >= 0.6 is 0 Å². The molecular weight excluding hydrogens is 288 g/mol. The molecule has 0 saturated heterocycles. The average molecular weight is 306 g/mol. The molecule has 0 amide bonds. The summed E-state index contributed by atoms with van der Waals surface area (Å²) in [6, 6.07) is 16.7. The number of allylic oxidation sites excluding steroid dienone is 1. The summed E-state index contributed by atoms with van der Waals surface area (Å²) in [4.78, 5) is 24.9. The molecule has 0 radical (unpaired) electrons. The van der Waals surface area contributed by atoms with Crippen LogP contribution in [0, 0.1) is 6.92 Å². The minimum Gasteiger partial charge on any atom is -0.506 e. The lowest BCUT2D eigenvalue weighted by Crippen LogP contribution is -2.26. The molecule has 0 spiro atoms. The van der Waals surface area contributed by atoms with E-state index in [0.29, 0.717) is 5.56 Å². The first-order valence-corrected chi connectivity index (χ1v) is 7.68. The molecule has 1 aliphatic rings. The zero-order valence-electron chi connectivity index (χ0n) is 13.0. The number of hydrogen-bond donors (Lipinski definition) is 1. The second-order valence-corrected chi connectivity index (χ2v) is 5.95. The van der Waals surface area contributed by atoms with Crippen molar-refractivity contribution in [3.63, 3.8) is 0 Å². The van der Waals surface area contributed by atoms with Gasteiger partial charge in [-0.25, -0.2) is 0 Å². The second-order valence-electron chi connectivity index (χ2n) is 5.95. The van der Waals surface area contributed by atoms with Crippen molar-refractivity contribution in [2.45, 2.75) is 25.7 Å². The third-order valence-corrected chi connectivity index (χ3v) is 4.25. The predicted molar refractivity (Wildman–Crippen MR) is 89.2 cm³/mol. The number of ketones is 2. The summed E-state index contributed by atoms with van der Waals surface area (Å²) >= 11 is 0. The first-order valence-electron chi connectivity index (χ1n) is 7.68. The third kappa shape index (κ3) is 3.09. The minimum atomic E-state index is -0.284. The van der Waals surface area contributed by atoms with E-state index in [0.717, 1.165) is 11.1 Å². The predicted octanol–water partition coefficient (Wildman–Crippen LogP) is 3.98. The standard InChI is InChI=1S/C20H18O3/c1-13-7-9-15(10-8-13)20(23)19-17(21)11-16(12-18(19)22)14-5-3-2-4-6-14/h2-10,16,23H,11-12H2,1H3. The van der Waals surface area contributed by atoms with Gasteiger partial charge in [0.05, 0.1) is 0 Å². The molecule has 1 fully saturated rings. The molecule has 3 nitrogen and oxygen atoms in total. The van der Waals surface area contributed by atoms with Gasteiger partial charge >= 0.3 is 0 Å². The van der Waals surface area contributed by atoms with Crippen LogP contribution in [-0.2, 0) is 9.59 Å². The van der Waals surface area contributed by atoms with Gasteiger partial charge in [0.15, 0.2) is 11.6 Å². The van der Waals surface area contributed by atoms with Crippen molar-refractivity contribution < 1.29 is 14.7 Å². The van der Waals surface area contributed by atoms with Gasteiger partial charge in [-0.05, 0) is 18.4 Å². The van der Waals surface area contributed by atoms with Crippen LogP contribution in [0.2, 0.25) is 0 Å². The van der Waals surface area contributed by atoms with E-state index in [4.69, 9.17) is 0 Å². The fraction of sp³-hybridized carbons (Fsp3) is 0.200. The van der Waals surface area contributed by atoms with Crippen molar-refractivity contribution in [3.05, 3.63) is 76.9 Å². The van der Waals surface area contributed by atoms with Crippen LogP contribution in [0.25, 0.3) is 5.76 Å². The number of rotatable bonds is 2. The van der Waals surface area contributed by atoms with Crippen molar-refractivity contribution >= 4 is 17.3 Å². The molecule has 2 aromatic rings. The quantitative estimate of drug-likeness (QED) is 0.519. The van der Waals surface area contributed by atoms with E-state index < -0.39 is 0 Å². The van der Waals surface area contributed by atoms with Gasteiger partial charge < -0.3 is 5.11 Å². The lowest BCUT2D eigenvalue weighted by Gasteiger charge is -2.23. The Morgan fingerprint density at radius 1 is 0.913 bits per heavy atom. The SMILES string of the molecule is Cc1ccc(C(O)=C2C(=O)CC(c3ccccc3)CC2=O)cc1. The summed E-state index contributed by atoms with van der Waals surface area (Å²) in [5.41, 5.74) is 2.49. The molecule has 0 aromatic heterocycles. The third-order valence-electron chi connectivity index (χ3n) is 4.25. The van der Waals surface area contributed by atoms with Crippen molar-refractivity contribution in [2.24, 2.45) is 0 Å². The number of aliphatic hydroxyl groups excluding tert-OH is 1. The van der Waals surface area contributed by atoms with Crippen LogP contribution in [0.5, 0.6) is 0 Å². The first-order chi connectivity index (χ1) is 11.1. The van der Waals surface area contributed by atoms with Gasteiger partial charge in [-0.1, -0.05) is 60.2 Å². The highest BCUT2D eigenvalue weighted by atomic mass is 16.3. The maximum absolute atomic E-state index is 12.4. The van der Waals surface area contributed by atoms with Gasteiger partial charge in [-0.2, -0.15) is 0 Å². The van der Waals surface area contributed by atoms with Crippen molar-refractivity contribution in [2.75, 3.05) is 0 Å². The highest BCUT2D eigenvalue weighted by molar-refractivity contribution is 6.26. The average Bonchev–Trinajstić information content (AvgIpc) is 2.55. The molecule has 3 heteroatoms. The lowest BCUT2D eigenvalue weighted by atomic mass is 9.79. The molecule has 2 aromatic carbocycles. The molecular formula is C20H18O3. The van der Waals surface area contributed by atoms with Crippen molar-refractivity contribution in [3.8, 4) is 0 Å². The molecule has 0 heterocycles. The summed E-state index contributed by atoms with van der Waals surface area (Å²) in [7, 11) is 0. The maximum Gasteiger partial charge on any atom is 0.170 e. The van der Waals surface area contributed by atoms with E-state index in [1.54, 1.807) is 12.1 Å². The first kappa shape index (κ1) is 15.2. The van der Waals surface area contributed by atoms with Gasteiger partial charge in [0, 0.05) is 18.4 Å². The Bertz CT molecular complexity index is 750. The Kier molecular flexibility index (Phi) is 4.11. The van der Waals surface area contributed by atoms with E-state index in [2.05, 4.69) is 0 Å². The molecule has 116 valence electrons. The van der Waals surface area contributed by atoms with Crippen LogP contribution < -0.4 is 0 Å². The number of benzene rings is 2. The number of Topliss-reactive ketones (excluding diaryl/α,β-unsaturated/α-hetero) is 2. The van der Waals surface area contributed by atoms with Gasteiger partial charge in [0.1, 0.15) is 11.3 Å². The number of carbonyl (C=O) groups excluding carboxylic acids is 2. The monoisotopic (exact) mass is 306 g/mol. The molecule has 1 N–H and O–H groups in total. The summed E-state index contributed by atoms with van der Waals surface area (Å²) in [6.07, 6.45) is 0.502. The summed E-state index contributed by atoms with van der Waals surface area (Å²) < 4.78 is 0. The Morgan fingerprint density at radius 2 is 1.48 bits per heavy atom. The largest absolute Gasteiger partial charge is 0.506 e. The highest BCUT2D eigenvalue weighted by Crippen LogP contribution is 2.33. The number of aryl methyl sites for hydroxylation is 1. The zero-order valence-corrected chi connectivity index (χ0v) is 13.0. The molecule has 1 saturated carbocycles. The molecule has 3 rings (SSSR count). The Hall–Kier alpha value is -2.68. The molecule has 0 atom stereocenters. The van der Waals surface area contributed by atoms with Crippen molar-refractivity contribution in [1.82, 2.24) is 0 Å². The van der Waals surface area contributed by atoms with Gasteiger partial charge in [-0.15, -0.1) is 0 Å². The number of hydrogen-bond acceptors (Lipinski definition) is 3. The second kappa shape index (κ2) is 6.21. The van der Waals surface area contributed by atoms with E-state index >= 15 is 0 Å². The minimum absolute atomic E-state index is 0.0546. The van der Waals surface area contributed by atoms with Crippen LogP contribution in [0.4, 0.5) is 0 Å². The van der Waals surface area contributed by atoms with E-state index in [9.17, 15) is 14.7 Å². The Labute approximate surface area is 135 Å². The smallest absolute Gasteiger partial charge is 0.170 e. The maximum atomic E-state index is 12.4. The van der Waals surface area contributed by atoms with Crippen LogP contribution in [0.15, 0.2) is 60.2 Å². The van der Waals surface area contributed by atoms with E-state index in [1.807, 2.05) is 49.4 Å². The zero-order chi connectivity index (χ0) is 16.4. The van der Waals surface area contributed by atoms with Crippen molar-refractivity contribution in [1.29, 1.82) is 0 Å². The van der Waals surface area contributed by atoms with E-state index in [1.165, 1.54) is 0 Å². The van der Waals surface area contributed by atoms with Gasteiger partial charge in [-0.3, -0.25) is 9.59 Å². The lowest BCUT2D eigenvalue weighted by molar-refractivity contribution is -0.124. The Morgan fingerprint density at radius 3 is 2.04 bits per heavy atom. The molecule has 0 bridgehead atoms. The molecule has 23 heavy (non-hydrogen) atoms. The van der Waals surface area contributed by atoms with Gasteiger partial charge in [0.2, 0.25) is 0 Å². The molecule has 0 aliphatic heterocycles. The van der Waals surface area contributed by atoms with Crippen LogP contribution in [0.3, 0.4) is 0 Å². The summed E-state index contributed by atoms with van der Waals surface area (Å²) in [5.74, 6) is -0.876. The van der Waals surface area contributed by atoms with Gasteiger partial charge in [0.25, 0.3) is 0 Å². The highest BCUT2D eigenvalue weighted by Gasteiger charge is 2.34. The number of carbonyl (C=O) groups is 2. The molecule has 0 unspecified atom stereocenters. The molecule has 1 aliphatic carbocycles. The van der Waals surface area contributed by atoms with Crippen LogP contribution in [0.1, 0.15) is 35.4 Å². The normalized spacial score (nSPS) is 18.1. The van der Waals surface area contributed by atoms with E-state index in [-0.39, 0.29) is 41.7 Å². The summed E-state index contributed by atoms with van der Waals surface area (Å²) in [6.45, 7) is 1.94. The number of aliphatic hydroxyl groups is 1. The summed E-state index contributed by atoms with van der Waals surface area (Å²) in [5, 5.41) is 10.4. The fourth-order valence-electron chi connectivity index (χ4n) is 2.96. The van der Waals surface area contributed by atoms with Crippen LogP contribution in [-0.4, -0.2) is 16.7 Å². The topological polar surface area (TPSA) is 54.4 Å². The fourth-order valence-corrected chi connectivity index (χ4v) is 2.96.